The molecule has 0 N–H and O–H groups in total. The first-order chi connectivity index (χ1) is 9.38. The number of benzene rings is 2. The molecule has 0 aliphatic rings. The molecular weight excluding hydrogens is 295 g/mol. The minimum Gasteiger partial charge on any atom is -0.457 e. The second-order valence-electron chi connectivity index (χ2n) is 4.67. The molecule has 0 spiro atoms. The molecule has 0 amide bonds. The van der Waals surface area contributed by atoms with Crippen LogP contribution in [0.15, 0.2) is 30.3 Å². The van der Waals surface area contributed by atoms with Crippen LogP contribution in [0.25, 0.3) is 0 Å². The van der Waals surface area contributed by atoms with Crippen LogP contribution >= 0.6 is 23.2 Å². The van der Waals surface area contributed by atoms with Crippen LogP contribution in [0.3, 0.4) is 0 Å². The fraction of sp³-hybridized carbons (Fsp3) is 0.188. The van der Waals surface area contributed by atoms with E-state index in [4.69, 9.17) is 27.9 Å². The Balaban J connectivity index is 2.36. The number of halogens is 2. The number of hydrogen-bond acceptors (Lipinski definition) is 2. The highest BCUT2D eigenvalue weighted by Crippen LogP contribution is 2.33. The van der Waals surface area contributed by atoms with Crippen molar-refractivity contribution in [1.29, 1.82) is 0 Å². The van der Waals surface area contributed by atoms with Crippen molar-refractivity contribution in [2.24, 2.45) is 0 Å². The first-order valence-corrected chi connectivity index (χ1v) is 6.89. The molecule has 0 saturated heterocycles. The van der Waals surface area contributed by atoms with E-state index in [1.807, 2.05) is 26.0 Å². The SMILES string of the molecule is CC(=O)c1ccc(Oc2c(C)cc(Cl)cc2C)cc1Cl. The zero-order chi connectivity index (χ0) is 14.9. The smallest absolute Gasteiger partial charge is 0.161 e. The zero-order valence-electron chi connectivity index (χ0n) is 11.5. The molecule has 0 unspecified atom stereocenters. The lowest BCUT2D eigenvalue weighted by Crippen LogP contribution is -1.95. The average molecular weight is 309 g/mol. The van der Waals surface area contributed by atoms with Crippen molar-refractivity contribution >= 4 is 29.0 Å². The first kappa shape index (κ1) is 14.9. The van der Waals surface area contributed by atoms with Crippen molar-refractivity contribution < 1.29 is 9.53 Å². The Morgan fingerprint density at radius 2 is 1.65 bits per heavy atom. The van der Waals surface area contributed by atoms with Gasteiger partial charge >= 0.3 is 0 Å². The van der Waals surface area contributed by atoms with Gasteiger partial charge in [-0.05, 0) is 56.2 Å². The number of carbonyl (C=O) groups is 1. The Morgan fingerprint density at radius 1 is 1.05 bits per heavy atom. The summed E-state index contributed by atoms with van der Waals surface area (Å²) < 4.78 is 5.86. The van der Waals surface area contributed by atoms with E-state index in [1.54, 1.807) is 18.2 Å². The third kappa shape index (κ3) is 3.14. The summed E-state index contributed by atoms with van der Waals surface area (Å²) >= 11 is 12.1. The number of aryl methyl sites for hydroxylation is 2. The second-order valence-corrected chi connectivity index (χ2v) is 5.51. The van der Waals surface area contributed by atoms with Gasteiger partial charge in [-0.2, -0.15) is 0 Å². The highest BCUT2D eigenvalue weighted by atomic mass is 35.5. The van der Waals surface area contributed by atoms with Gasteiger partial charge in [0.05, 0.1) is 5.02 Å². The van der Waals surface area contributed by atoms with Crippen LogP contribution in [-0.2, 0) is 0 Å². The molecule has 0 bridgehead atoms. The first-order valence-electron chi connectivity index (χ1n) is 6.13. The summed E-state index contributed by atoms with van der Waals surface area (Å²) in [4.78, 5) is 11.3. The number of ether oxygens (including phenoxy) is 1. The summed E-state index contributed by atoms with van der Waals surface area (Å²) in [5, 5.41) is 1.07. The van der Waals surface area contributed by atoms with Gasteiger partial charge in [-0.1, -0.05) is 23.2 Å². The predicted molar refractivity (Wildman–Crippen MR) is 82.5 cm³/mol. The maximum Gasteiger partial charge on any atom is 0.161 e. The van der Waals surface area contributed by atoms with Gasteiger partial charge in [0, 0.05) is 16.7 Å². The lowest BCUT2D eigenvalue weighted by molar-refractivity contribution is 0.101. The van der Waals surface area contributed by atoms with Crippen molar-refractivity contribution in [2.45, 2.75) is 20.8 Å². The number of Topliss-reactive ketones (excluding diaryl/α,β-unsaturated/α-hetero) is 1. The van der Waals surface area contributed by atoms with Crippen molar-refractivity contribution in [1.82, 2.24) is 0 Å². The molecule has 0 saturated carbocycles. The molecule has 2 nitrogen and oxygen atoms in total. The van der Waals surface area contributed by atoms with Gasteiger partial charge in [0.15, 0.2) is 5.78 Å². The average Bonchev–Trinajstić information content (AvgIpc) is 2.33. The van der Waals surface area contributed by atoms with Gasteiger partial charge < -0.3 is 4.74 Å². The van der Waals surface area contributed by atoms with Gasteiger partial charge in [-0.3, -0.25) is 4.79 Å². The van der Waals surface area contributed by atoms with Crippen molar-refractivity contribution in [3.63, 3.8) is 0 Å². The summed E-state index contributed by atoms with van der Waals surface area (Å²) in [5.74, 6) is 1.27. The Hall–Kier alpha value is -1.51. The van der Waals surface area contributed by atoms with Crippen molar-refractivity contribution in [3.8, 4) is 11.5 Å². The monoisotopic (exact) mass is 308 g/mol. The molecule has 2 rings (SSSR count). The standard InChI is InChI=1S/C16H14Cl2O2/c1-9-6-12(17)7-10(2)16(9)20-13-4-5-14(11(3)19)15(18)8-13/h4-8H,1-3H3. The molecule has 20 heavy (non-hydrogen) atoms. The molecule has 104 valence electrons. The van der Waals surface area contributed by atoms with Crippen LogP contribution in [-0.4, -0.2) is 5.78 Å². The van der Waals surface area contributed by atoms with Crippen LogP contribution in [0.5, 0.6) is 11.5 Å². The maximum atomic E-state index is 11.3. The quantitative estimate of drug-likeness (QED) is 0.689. The summed E-state index contributed by atoms with van der Waals surface area (Å²) in [6.45, 7) is 5.34. The second kappa shape index (κ2) is 5.86. The van der Waals surface area contributed by atoms with E-state index in [-0.39, 0.29) is 5.78 Å². The molecule has 0 heterocycles. The van der Waals surface area contributed by atoms with E-state index >= 15 is 0 Å². The minimum absolute atomic E-state index is 0.0691. The normalized spacial score (nSPS) is 10.4. The lowest BCUT2D eigenvalue weighted by atomic mass is 10.1. The van der Waals surface area contributed by atoms with Crippen LogP contribution in [0, 0.1) is 13.8 Å². The maximum absolute atomic E-state index is 11.3. The lowest BCUT2D eigenvalue weighted by Gasteiger charge is -2.13. The Bertz CT molecular complexity index is 655. The van der Waals surface area contributed by atoms with Crippen LogP contribution in [0.2, 0.25) is 10.0 Å². The summed E-state index contributed by atoms with van der Waals surface area (Å²) in [5.41, 5.74) is 2.38. The van der Waals surface area contributed by atoms with Gasteiger partial charge in [0.1, 0.15) is 11.5 Å². The number of carbonyl (C=O) groups excluding carboxylic acids is 1. The number of ketones is 1. The molecular formula is C16H14Cl2O2. The Kier molecular flexibility index (Phi) is 4.36. The zero-order valence-corrected chi connectivity index (χ0v) is 13.0. The van der Waals surface area contributed by atoms with Crippen molar-refractivity contribution in [3.05, 3.63) is 57.1 Å². The molecule has 0 aliphatic heterocycles. The topological polar surface area (TPSA) is 26.3 Å². The van der Waals surface area contributed by atoms with E-state index in [9.17, 15) is 4.79 Å². The molecule has 0 aliphatic carbocycles. The number of rotatable bonds is 3. The highest BCUT2D eigenvalue weighted by molar-refractivity contribution is 6.34. The summed E-state index contributed by atoms with van der Waals surface area (Å²) in [7, 11) is 0. The van der Waals surface area contributed by atoms with Gasteiger partial charge in [0.2, 0.25) is 0 Å². The summed E-state index contributed by atoms with van der Waals surface area (Å²) in [6, 6.07) is 8.73. The molecule has 0 atom stereocenters. The molecule has 0 fully saturated rings. The molecule has 4 heteroatoms. The third-order valence-corrected chi connectivity index (χ3v) is 3.50. The van der Waals surface area contributed by atoms with Gasteiger partial charge in [-0.15, -0.1) is 0 Å². The molecule has 2 aromatic rings. The fourth-order valence-electron chi connectivity index (χ4n) is 2.02. The molecule has 0 radical (unpaired) electrons. The van der Waals surface area contributed by atoms with E-state index in [0.717, 1.165) is 16.9 Å². The van der Waals surface area contributed by atoms with E-state index in [0.29, 0.717) is 21.4 Å². The Morgan fingerprint density at radius 3 is 2.15 bits per heavy atom. The molecule has 0 aromatic heterocycles. The van der Waals surface area contributed by atoms with Gasteiger partial charge in [-0.25, -0.2) is 0 Å². The number of hydrogen-bond donors (Lipinski definition) is 0. The summed E-state index contributed by atoms with van der Waals surface area (Å²) in [6.07, 6.45) is 0. The molecule has 2 aromatic carbocycles. The van der Waals surface area contributed by atoms with Crippen molar-refractivity contribution in [2.75, 3.05) is 0 Å². The van der Waals surface area contributed by atoms with Crippen LogP contribution in [0.4, 0.5) is 0 Å². The highest BCUT2D eigenvalue weighted by Gasteiger charge is 2.10. The van der Waals surface area contributed by atoms with Gasteiger partial charge in [0.25, 0.3) is 0 Å². The fourth-order valence-corrected chi connectivity index (χ4v) is 2.65. The minimum atomic E-state index is -0.0691. The largest absolute Gasteiger partial charge is 0.457 e. The Labute approximate surface area is 128 Å². The third-order valence-electron chi connectivity index (χ3n) is 2.96. The van der Waals surface area contributed by atoms with Crippen LogP contribution < -0.4 is 4.74 Å². The van der Waals surface area contributed by atoms with E-state index in [2.05, 4.69) is 0 Å². The van der Waals surface area contributed by atoms with E-state index < -0.39 is 0 Å². The van der Waals surface area contributed by atoms with E-state index in [1.165, 1.54) is 6.92 Å². The van der Waals surface area contributed by atoms with Crippen LogP contribution in [0.1, 0.15) is 28.4 Å². The predicted octanol–water partition coefficient (Wildman–Crippen LogP) is 5.61.